The molecule has 3 amide bonds. The molecule has 5 atom stereocenters. The maximum atomic E-state index is 13.4. The molecule has 0 bridgehead atoms. The molecule has 200 valence electrons. The first-order valence-corrected chi connectivity index (χ1v) is 12.7. The van der Waals surface area contributed by atoms with Crippen molar-refractivity contribution in [2.75, 3.05) is 13.2 Å². The van der Waals surface area contributed by atoms with Crippen LogP contribution in [0.5, 0.6) is 0 Å². The Bertz CT molecular complexity index is 1390. The van der Waals surface area contributed by atoms with Gasteiger partial charge in [0.15, 0.2) is 0 Å². The largest absolute Gasteiger partial charge is 0.479 e. The Labute approximate surface area is 223 Å². The van der Waals surface area contributed by atoms with E-state index in [0.29, 0.717) is 5.71 Å². The number of ether oxygens (including phenoxy) is 1. The zero-order chi connectivity index (χ0) is 27.3. The number of carbonyl (C=O) groups excluding carboxylic acids is 3. The number of aliphatic carboxylic acids is 1. The molecule has 0 spiro atoms. The van der Waals surface area contributed by atoms with Crippen LogP contribution in [-0.4, -0.2) is 76.5 Å². The van der Waals surface area contributed by atoms with Crippen LogP contribution in [0, 0.1) is 5.92 Å². The summed E-state index contributed by atoms with van der Waals surface area (Å²) in [5, 5.41) is 19.3. The van der Waals surface area contributed by atoms with Crippen LogP contribution in [0.3, 0.4) is 0 Å². The highest BCUT2D eigenvalue weighted by atomic mass is 16.6. The van der Waals surface area contributed by atoms with Crippen LogP contribution in [0.1, 0.15) is 24.0 Å². The molecule has 39 heavy (non-hydrogen) atoms. The van der Waals surface area contributed by atoms with Crippen molar-refractivity contribution in [3.63, 3.8) is 0 Å². The molecule has 2 aliphatic heterocycles. The van der Waals surface area contributed by atoms with Gasteiger partial charge in [0.25, 0.3) is 0 Å². The lowest BCUT2D eigenvalue weighted by atomic mass is 10.1. The Hall–Kier alpha value is -4.67. The third kappa shape index (κ3) is 4.10. The number of carboxylic acid groups (broad SMARTS) is 1. The van der Waals surface area contributed by atoms with Crippen molar-refractivity contribution in [2.24, 2.45) is 11.1 Å². The summed E-state index contributed by atoms with van der Waals surface area (Å²) < 4.78 is 4.86. The quantitative estimate of drug-likeness (QED) is 0.311. The molecular formula is C28H26N4O7. The highest BCUT2D eigenvalue weighted by Gasteiger charge is 2.61. The number of rotatable bonds is 7. The maximum absolute atomic E-state index is 13.4. The van der Waals surface area contributed by atoms with Gasteiger partial charge in [0, 0.05) is 23.5 Å². The normalized spacial score (nSPS) is 28.1. The van der Waals surface area contributed by atoms with E-state index in [1.807, 2.05) is 48.5 Å². The van der Waals surface area contributed by atoms with Crippen molar-refractivity contribution < 1.29 is 33.9 Å². The van der Waals surface area contributed by atoms with Gasteiger partial charge in [0.05, 0.1) is 6.54 Å². The number of fused-ring (bicyclic) bond motifs is 3. The van der Waals surface area contributed by atoms with E-state index in [2.05, 4.69) is 22.4 Å². The third-order valence-corrected chi connectivity index (χ3v) is 7.79. The second-order valence-electron chi connectivity index (χ2n) is 10.1. The van der Waals surface area contributed by atoms with Gasteiger partial charge in [-0.1, -0.05) is 59.8 Å². The van der Waals surface area contributed by atoms with Crippen LogP contribution in [0.2, 0.25) is 0 Å². The SMILES string of the molecule is C=C[C@@H]1C[C@]1(NC(=O)[C@@H]1C[C@@H](ON=C2c3ccccc3-c3ccccc32)CN1C(=O)[C@@H]1COC(=O)N1)C(=O)O. The number of nitrogens with one attached hydrogen (secondary N) is 2. The number of carbonyl (C=O) groups is 4. The minimum Gasteiger partial charge on any atom is -0.479 e. The lowest BCUT2D eigenvalue weighted by molar-refractivity contribution is -0.145. The summed E-state index contributed by atoms with van der Waals surface area (Å²) in [6.45, 7) is 3.50. The summed E-state index contributed by atoms with van der Waals surface area (Å²) >= 11 is 0. The van der Waals surface area contributed by atoms with Crippen LogP contribution in [0.4, 0.5) is 4.79 Å². The van der Waals surface area contributed by atoms with Crippen LogP contribution in [0.25, 0.3) is 11.1 Å². The van der Waals surface area contributed by atoms with Gasteiger partial charge in [-0.25, -0.2) is 9.59 Å². The second-order valence-corrected chi connectivity index (χ2v) is 10.1. The summed E-state index contributed by atoms with van der Waals surface area (Å²) in [6.07, 6.45) is 0.440. The average molecular weight is 531 g/mol. The topological polar surface area (TPSA) is 147 Å². The van der Waals surface area contributed by atoms with Crippen molar-refractivity contribution in [1.82, 2.24) is 15.5 Å². The Balaban J connectivity index is 1.25. The first kappa shape index (κ1) is 24.7. The number of hydrogen-bond donors (Lipinski definition) is 3. The molecule has 11 nitrogen and oxygen atoms in total. The van der Waals surface area contributed by atoms with Crippen LogP contribution in [-0.2, 0) is 24.0 Å². The van der Waals surface area contributed by atoms with Crippen molar-refractivity contribution in [3.8, 4) is 11.1 Å². The fourth-order valence-corrected chi connectivity index (χ4v) is 5.62. The molecule has 2 heterocycles. The van der Waals surface area contributed by atoms with E-state index >= 15 is 0 Å². The van der Waals surface area contributed by atoms with Gasteiger partial charge in [-0.05, 0) is 17.5 Å². The Morgan fingerprint density at radius 3 is 2.31 bits per heavy atom. The second kappa shape index (κ2) is 9.26. The predicted molar refractivity (Wildman–Crippen MR) is 138 cm³/mol. The molecule has 11 heteroatoms. The van der Waals surface area contributed by atoms with Crippen LogP contribution < -0.4 is 10.6 Å². The summed E-state index contributed by atoms with van der Waals surface area (Å²) in [7, 11) is 0. The van der Waals surface area contributed by atoms with E-state index in [1.54, 1.807) is 0 Å². The molecule has 0 radical (unpaired) electrons. The third-order valence-electron chi connectivity index (χ3n) is 7.79. The smallest absolute Gasteiger partial charge is 0.407 e. The fourth-order valence-electron chi connectivity index (χ4n) is 5.62. The first-order valence-electron chi connectivity index (χ1n) is 12.7. The van der Waals surface area contributed by atoms with Gasteiger partial charge < -0.3 is 30.2 Å². The fraction of sp³-hybridized carbons (Fsp3) is 0.321. The molecule has 2 aromatic carbocycles. The molecule has 4 aliphatic rings. The summed E-state index contributed by atoms with van der Waals surface area (Å²) in [4.78, 5) is 57.4. The summed E-state index contributed by atoms with van der Waals surface area (Å²) in [6, 6.07) is 13.7. The van der Waals surface area contributed by atoms with Crippen LogP contribution in [0.15, 0.2) is 66.3 Å². The molecule has 2 saturated heterocycles. The molecule has 0 aromatic heterocycles. The molecular weight excluding hydrogens is 504 g/mol. The Kier molecular flexibility index (Phi) is 5.86. The standard InChI is InChI=1S/C28H26N4O7/c1-2-15-12-28(15,26(35)36)30-24(33)22-11-16(13-32(22)25(34)21-14-38-27(37)29-21)39-31-23-19-9-5-3-7-17(19)18-8-4-6-10-20(18)23/h2-10,15-16,21-22H,1,11-14H2,(H,29,37)(H,30,33)(H,35,36)/t15-,16-,21+,22+,28-/m1/s1. The number of oxime groups is 1. The maximum Gasteiger partial charge on any atom is 0.407 e. The lowest BCUT2D eigenvalue weighted by Crippen LogP contribution is -2.55. The number of nitrogens with zero attached hydrogens (tertiary/aromatic N) is 2. The van der Waals surface area contributed by atoms with Crippen LogP contribution >= 0.6 is 0 Å². The highest BCUT2D eigenvalue weighted by molar-refractivity contribution is 6.24. The molecule has 3 N–H and O–H groups in total. The number of benzene rings is 2. The molecule has 1 saturated carbocycles. The minimum atomic E-state index is -1.45. The average Bonchev–Trinajstić information content (AvgIpc) is 3.23. The number of hydrogen-bond acceptors (Lipinski definition) is 7. The molecule has 2 aliphatic carbocycles. The first-order chi connectivity index (χ1) is 18.8. The molecule has 6 rings (SSSR count). The summed E-state index contributed by atoms with van der Waals surface area (Å²) in [5.74, 6) is -2.70. The van der Waals surface area contributed by atoms with Gasteiger partial charge in [-0.15, -0.1) is 6.58 Å². The molecule has 3 fully saturated rings. The van der Waals surface area contributed by atoms with E-state index in [4.69, 9.17) is 9.57 Å². The zero-order valence-corrected chi connectivity index (χ0v) is 20.8. The zero-order valence-electron chi connectivity index (χ0n) is 20.8. The highest BCUT2D eigenvalue weighted by Crippen LogP contribution is 2.45. The van der Waals surface area contributed by atoms with Gasteiger partial charge in [0.2, 0.25) is 11.8 Å². The van der Waals surface area contributed by atoms with Gasteiger partial charge in [-0.2, -0.15) is 0 Å². The minimum absolute atomic E-state index is 0.0221. The van der Waals surface area contributed by atoms with E-state index in [-0.39, 0.29) is 26.0 Å². The van der Waals surface area contributed by atoms with Gasteiger partial charge in [0.1, 0.15) is 36.0 Å². The number of likely N-dealkylation sites (tertiary alicyclic amines) is 1. The van der Waals surface area contributed by atoms with E-state index in [0.717, 1.165) is 22.3 Å². The molecule has 0 unspecified atom stereocenters. The Morgan fingerprint density at radius 1 is 1.13 bits per heavy atom. The summed E-state index contributed by atoms with van der Waals surface area (Å²) in [5.41, 5.74) is 3.10. The lowest BCUT2D eigenvalue weighted by Gasteiger charge is -2.26. The monoisotopic (exact) mass is 530 g/mol. The molecule has 2 aromatic rings. The van der Waals surface area contributed by atoms with Gasteiger partial charge >= 0.3 is 12.1 Å². The van der Waals surface area contributed by atoms with Gasteiger partial charge in [-0.3, -0.25) is 9.59 Å². The number of alkyl carbamates (subject to hydrolysis) is 1. The van der Waals surface area contributed by atoms with E-state index < -0.39 is 53.5 Å². The van der Waals surface area contributed by atoms with Crippen molar-refractivity contribution in [1.29, 1.82) is 0 Å². The number of amides is 3. The van der Waals surface area contributed by atoms with Crippen molar-refractivity contribution >= 4 is 29.6 Å². The van der Waals surface area contributed by atoms with E-state index in [1.165, 1.54) is 11.0 Å². The number of carboxylic acids is 1. The van der Waals surface area contributed by atoms with E-state index in [9.17, 15) is 24.3 Å². The van der Waals surface area contributed by atoms with Crippen molar-refractivity contribution in [3.05, 3.63) is 72.3 Å². The Morgan fingerprint density at radius 2 is 1.77 bits per heavy atom. The van der Waals surface area contributed by atoms with Crippen molar-refractivity contribution in [2.45, 2.75) is 36.6 Å². The number of cyclic esters (lactones) is 1. The predicted octanol–water partition coefficient (Wildman–Crippen LogP) is 1.66.